The largest absolute Gasteiger partial charge is 0.462 e. The molecule has 0 N–H and O–H groups in total. The van der Waals surface area contributed by atoms with Gasteiger partial charge in [-0.05, 0) is 64.2 Å². The minimum absolute atomic E-state index is 0.0824. The van der Waals surface area contributed by atoms with E-state index in [2.05, 4.69) is 81.5 Å². The molecule has 0 saturated carbocycles. The van der Waals surface area contributed by atoms with Crippen molar-refractivity contribution in [2.24, 2.45) is 0 Å². The predicted molar refractivity (Wildman–Crippen MR) is 270 cm³/mol. The lowest BCUT2D eigenvalue weighted by atomic mass is 10.0. The molecule has 0 aliphatic rings. The normalized spacial score (nSPS) is 12.5. The summed E-state index contributed by atoms with van der Waals surface area (Å²) in [5, 5.41) is 0. The zero-order chi connectivity index (χ0) is 45.8. The number of hydrogen-bond acceptors (Lipinski definition) is 6. The Labute approximate surface area is 390 Å². The number of allylic oxidation sites excluding steroid dienone is 10. The van der Waals surface area contributed by atoms with E-state index in [1.165, 1.54) is 135 Å². The fourth-order valence-corrected chi connectivity index (χ4v) is 7.55. The number of esters is 3. The summed E-state index contributed by atoms with van der Waals surface area (Å²) in [6.07, 6.45) is 63.4. The number of hydrogen-bond donors (Lipinski definition) is 0. The SMILES string of the molecule is CC\C=C/C=C\C=C/CCCCCCCCCC(=O)OC(COC(=O)CCCCCCC/C=C\C=C/CCCCCCCCC)COC(=O)CCCCCCCCCCCCCC. The third-order valence-electron chi connectivity index (χ3n) is 11.6. The molecule has 0 radical (unpaired) electrons. The number of ether oxygens (including phenoxy) is 3. The van der Waals surface area contributed by atoms with Crippen molar-refractivity contribution in [2.75, 3.05) is 13.2 Å². The van der Waals surface area contributed by atoms with Crippen molar-refractivity contribution in [3.8, 4) is 0 Å². The molecule has 364 valence electrons. The van der Waals surface area contributed by atoms with E-state index in [4.69, 9.17) is 14.2 Å². The molecule has 0 saturated heterocycles. The van der Waals surface area contributed by atoms with Crippen LogP contribution in [0.15, 0.2) is 60.8 Å². The molecule has 0 bridgehead atoms. The molecule has 0 rings (SSSR count). The molecule has 0 heterocycles. The molecule has 0 aliphatic heterocycles. The molecular formula is C57H100O6. The van der Waals surface area contributed by atoms with E-state index >= 15 is 0 Å². The Morgan fingerprint density at radius 3 is 0.968 bits per heavy atom. The number of carbonyl (C=O) groups excluding carboxylic acids is 3. The smallest absolute Gasteiger partial charge is 0.306 e. The number of rotatable bonds is 48. The summed E-state index contributed by atoms with van der Waals surface area (Å²) in [6.45, 7) is 6.49. The maximum Gasteiger partial charge on any atom is 0.306 e. The average Bonchev–Trinajstić information content (AvgIpc) is 3.28. The molecule has 0 spiro atoms. The Bertz CT molecular complexity index is 1150. The maximum atomic E-state index is 12.8. The van der Waals surface area contributed by atoms with Crippen LogP contribution in [0.3, 0.4) is 0 Å². The van der Waals surface area contributed by atoms with E-state index in [9.17, 15) is 14.4 Å². The predicted octanol–water partition coefficient (Wildman–Crippen LogP) is 17.6. The highest BCUT2D eigenvalue weighted by Gasteiger charge is 2.19. The molecule has 1 atom stereocenters. The summed E-state index contributed by atoms with van der Waals surface area (Å²) in [7, 11) is 0. The van der Waals surface area contributed by atoms with Gasteiger partial charge in [0.1, 0.15) is 13.2 Å². The van der Waals surface area contributed by atoms with Crippen molar-refractivity contribution in [3.63, 3.8) is 0 Å². The molecule has 0 fully saturated rings. The van der Waals surface area contributed by atoms with Crippen LogP contribution in [0.1, 0.15) is 265 Å². The summed E-state index contributed by atoms with van der Waals surface area (Å²) < 4.78 is 16.8. The Morgan fingerprint density at radius 1 is 0.333 bits per heavy atom. The number of carbonyl (C=O) groups is 3. The van der Waals surface area contributed by atoms with Gasteiger partial charge in [-0.2, -0.15) is 0 Å². The first-order valence-electron chi connectivity index (χ1n) is 26.8. The highest BCUT2D eigenvalue weighted by Crippen LogP contribution is 2.15. The van der Waals surface area contributed by atoms with E-state index in [0.29, 0.717) is 19.3 Å². The Kier molecular flexibility index (Phi) is 49.4. The topological polar surface area (TPSA) is 78.9 Å². The van der Waals surface area contributed by atoms with E-state index in [0.717, 1.165) is 89.9 Å². The van der Waals surface area contributed by atoms with Gasteiger partial charge in [0.05, 0.1) is 0 Å². The molecule has 1 unspecified atom stereocenters. The first kappa shape index (κ1) is 60.1. The number of unbranched alkanes of at least 4 members (excludes halogenated alkanes) is 30. The molecule has 0 aromatic carbocycles. The van der Waals surface area contributed by atoms with Crippen molar-refractivity contribution >= 4 is 17.9 Å². The molecule has 6 nitrogen and oxygen atoms in total. The second kappa shape index (κ2) is 51.7. The molecular weight excluding hydrogens is 781 g/mol. The molecule has 6 heteroatoms. The van der Waals surface area contributed by atoms with Crippen LogP contribution in [0.2, 0.25) is 0 Å². The monoisotopic (exact) mass is 881 g/mol. The van der Waals surface area contributed by atoms with Gasteiger partial charge >= 0.3 is 17.9 Å². The lowest BCUT2D eigenvalue weighted by Gasteiger charge is -2.18. The van der Waals surface area contributed by atoms with Crippen molar-refractivity contribution < 1.29 is 28.6 Å². The average molecular weight is 881 g/mol. The third-order valence-corrected chi connectivity index (χ3v) is 11.6. The maximum absolute atomic E-state index is 12.8. The highest BCUT2D eigenvalue weighted by molar-refractivity contribution is 5.71. The van der Waals surface area contributed by atoms with Crippen LogP contribution in [0.25, 0.3) is 0 Å². The summed E-state index contributed by atoms with van der Waals surface area (Å²) in [4.78, 5) is 38.0. The Morgan fingerprint density at radius 2 is 0.619 bits per heavy atom. The second-order valence-corrected chi connectivity index (χ2v) is 17.9. The van der Waals surface area contributed by atoms with Crippen LogP contribution in [0.5, 0.6) is 0 Å². The molecule has 0 aliphatic carbocycles. The van der Waals surface area contributed by atoms with Gasteiger partial charge in [-0.3, -0.25) is 14.4 Å². The van der Waals surface area contributed by atoms with Crippen molar-refractivity contribution in [1.29, 1.82) is 0 Å². The van der Waals surface area contributed by atoms with Gasteiger partial charge in [-0.25, -0.2) is 0 Å². The molecule has 63 heavy (non-hydrogen) atoms. The fraction of sp³-hybridized carbons (Fsp3) is 0.772. The van der Waals surface area contributed by atoms with Gasteiger partial charge in [0.25, 0.3) is 0 Å². The van der Waals surface area contributed by atoms with Crippen molar-refractivity contribution in [2.45, 2.75) is 271 Å². The zero-order valence-electron chi connectivity index (χ0n) is 41.6. The summed E-state index contributed by atoms with van der Waals surface area (Å²) in [6, 6.07) is 0. The Balaban J connectivity index is 4.39. The third kappa shape index (κ3) is 50.0. The van der Waals surface area contributed by atoms with Gasteiger partial charge in [0.15, 0.2) is 6.10 Å². The second-order valence-electron chi connectivity index (χ2n) is 17.9. The van der Waals surface area contributed by atoms with Crippen molar-refractivity contribution in [1.82, 2.24) is 0 Å². The lowest BCUT2D eigenvalue weighted by Crippen LogP contribution is -2.30. The van der Waals surface area contributed by atoms with E-state index < -0.39 is 6.10 Å². The minimum atomic E-state index is -0.784. The lowest BCUT2D eigenvalue weighted by molar-refractivity contribution is -0.167. The minimum Gasteiger partial charge on any atom is -0.462 e. The quantitative estimate of drug-likeness (QED) is 0.0262. The van der Waals surface area contributed by atoms with E-state index in [1.54, 1.807) is 0 Å². The van der Waals surface area contributed by atoms with Crippen LogP contribution in [0.4, 0.5) is 0 Å². The van der Waals surface area contributed by atoms with Gasteiger partial charge in [-0.1, -0.05) is 242 Å². The van der Waals surface area contributed by atoms with Gasteiger partial charge in [0, 0.05) is 19.3 Å². The fourth-order valence-electron chi connectivity index (χ4n) is 7.55. The Hall–Kier alpha value is -2.89. The van der Waals surface area contributed by atoms with Gasteiger partial charge in [0.2, 0.25) is 0 Å². The molecule has 0 amide bonds. The van der Waals surface area contributed by atoms with Crippen LogP contribution < -0.4 is 0 Å². The standard InChI is InChI=1S/C57H100O6/c1-4-7-10-13-16-19-22-25-27-28-29-31-32-35-38-41-44-47-50-56(59)62-53-54(52-61-55(58)49-46-43-40-37-34-24-21-18-15-12-9-6-3)63-57(60)51-48-45-42-39-36-33-30-26-23-20-17-14-11-8-5-2/h8,11,14,17,20,23,27-29,31,54H,4-7,9-10,12-13,15-16,18-19,21-22,24-26,30,32-53H2,1-3H3/b11-8-,17-14-,23-20-,28-27-,31-29-. The summed E-state index contributed by atoms with van der Waals surface area (Å²) in [5.41, 5.74) is 0. The van der Waals surface area contributed by atoms with Crippen LogP contribution in [-0.4, -0.2) is 37.2 Å². The van der Waals surface area contributed by atoms with Crippen LogP contribution >= 0.6 is 0 Å². The van der Waals surface area contributed by atoms with Crippen molar-refractivity contribution in [3.05, 3.63) is 60.8 Å². The van der Waals surface area contributed by atoms with E-state index in [-0.39, 0.29) is 31.1 Å². The molecule has 0 aromatic heterocycles. The van der Waals surface area contributed by atoms with Crippen LogP contribution in [-0.2, 0) is 28.6 Å². The zero-order valence-corrected chi connectivity index (χ0v) is 41.6. The highest BCUT2D eigenvalue weighted by atomic mass is 16.6. The summed E-state index contributed by atoms with van der Waals surface area (Å²) >= 11 is 0. The van der Waals surface area contributed by atoms with Gasteiger partial charge in [-0.15, -0.1) is 0 Å². The summed E-state index contributed by atoms with van der Waals surface area (Å²) in [5.74, 6) is -0.904. The van der Waals surface area contributed by atoms with E-state index in [1.807, 2.05) is 0 Å². The first-order valence-corrected chi connectivity index (χ1v) is 26.8. The molecule has 0 aromatic rings. The van der Waals surface area contributed by atoms with Crippen LogP contribution in [0, 0.1) is 0 Å². The van der Waals surface area contributed by atoms with Gasteiger partial charge < -0.3 is 14.2 Å². The first-order chi connectivity index (χ1) is 31.0.